The third kappa shape index (κ3) is 31.4. The van der Waals surface area contributed by atoms with Gasteiger partial charge in [0.1, 0.15) is 0 Å². The van der Waals surface area contributed by atoms with E-state index < -0.39 is 5.97 Å². The zero-order chi connectivity index (χ0) is 19.0. The van der Waals surface area contributed by atoms with Gasteiger partial charge in [-0.2, -0.15) is 0 Å². The van der Waals surface area contributed by atoms with Gasteiger partial charge in [-0.05, 0) is 51.6 Å². The molecular weight excluding hydrogens is 312 g/mol. The summed E-state index contributed by atoms with van der Waals surface area (Å²) in [5, 5.41) is 8.51. The molecule has 0 rings (SSSR count). The summed E-state index contributed by atoms with van der Waals surface area (Å²) in [4.78, 5) is 10.3. The van der Waals surface area contributed by atoms with Gasteiger partial charge in [-0.1, -0.05) is 70.4 Å². The van der Waals surface area contributed by atoms with Crippen LogP contribution in [-0.4, -0.2) is 24.2 Å². The second-order valence-electron chi connectivity index (χ2n) is 6.66. The predicted molar refractivity (Wildman–Crippen MR) is 110 cm³/mol. The molecule has 0 saturated heterocycles. The Hall–Kier alpha value is -0.870. The molecule has 150 valence electrons. The molecule has 0 aliphatic carbocycles. The van der Waals surface area contributed by atoms with Gasteiger partial charge in [-0.25, -0.2) is 0 Å². The van der Waals surface area contributed by atoms with E-state index in [1.54, 1.807) is 0 Å². The normalized spacial score (nSPS) is 10.7. The summed E-state index contributed by atoms with van der Waals surface area (Å²) in [7, 11) is 0. The van der Waals surface area contributed by atoms with Gasteiger partial charge in [0.25, 0.3) is 0 Å². The van der Waals surface area contributed by atoms with Crippen molar-refractivity contribution in [3.63, 3.8) is 0 Å². The third-order valence-electron chi connectivity index (χ3n) is 4.06. The smallest absolute Gasteiger partial charge is 0.303 e. The second-order valence-corrected chi connectivity index (χ2v) is 6.66. The fraction of sp³-hybridized carbons (Fsp3) is 0.857. The standard InChI is InChI=1S/C18H34O2.C3H10N2/c1-2-3-4-5-6-7-8-9-10-11-12-13-14-15-16-17-18(19)20;4-2-1-3-5/h9-10H,2-8,11-17H2,1H3,(H,19,20);1-5H2. The van der Waals surface area contributed by atoms with Crippen molar-refractivity contribution >= 4 is 5.97 Å². The van der Waals surface area contributed by atoms with Gasteiger partial charge in [0.05, 0.1) is 0 Å². The summed E-state index contributed by atoms with van der Waals surface area (Å²) in [6.07, 6.45) is 22.2. The van der Waals surface area contributed by atoms with Gasteiger partial charge in [0.2, 0.25) is 0 Å². The summed E-state index contributed by atoms with van der Waals surface area (Å²) in [5.74, 6) is -0.664. The van der Waals surface area contributed by atoms with Crippen molar-refractivity contribution in [2.45, 2.75) is 103 Å². The van der Waals surface area contributed by atoms with Crippen LogP contribution in [0.25, 0.3) is 0 Å². The fourth-order valence-corrected chi connectivity index (χ4v) is 2.46. The lowest BCUT2D eigenvalue weighted by Gasteiger charge is -1.99. The lowest BCUT2D eigenvalue weighted by atomic mass is 10.1. The predicted octanol–water partition coefficient (Wildman–Crippen LogP) is 5.40. The van der Waals surface area contributed by atoms with Gasteiger partial charge < -0.3 is 16.6 Å². The van der Waals surface area contributed by atoms with E-state index in [9.17, 15) is 4.79 Å². The van der Waals surface area contributed by atoms with Crippen molar-refractivity contribution in [1.29, 1.82) is 0 Å². The Morgan fingerprint density at radius 1 is 0.720 bits per heavy atom. The molecule has 0 spiro atoms. The summed E-state index contributed by atoms with van der Waals surface area (Å²) in [6.45, 7) is 3.70. The number of carboxylic acids is 1. The van der Waals surface area contributed by atoms with Crippen molar-refractivity contribution in [2.75, 3.05) is 13.1 Å². The van der Waals surface area contributed by atoms with Crippen molar-refractivity contribution in [1.82, 2.24) is 0 Å². The maximum atomic E-state index is 10.3. The Kier molecular flexibility index (Phi) is 26.8. The number of nitrogens with two attached hydrogens (primary N) is 2. The fourth-order valence-electron chi connectivity index (χ4n) is 2.46. The lowest BCUT2D eigenvalue weighted by Crippen LogP contribution is -2.06. The molecule has 0 amide bonds. The van der Waals surface area contributed by atoms with E-state index in [0.29, 0.717) is 6.42 Å². The maximum absolute atomic E-state index is 10.3. The molecule has 0 aromatic carbocycles. The van der Waals surface area contributed by atoms with Gasteiger partial charge in [-0.15, -0.1) is 0 Å². The van der Waals surface area contributed by atoms with Crippen molar-refractivity contribution in [3.8, 4) is 0 Å². The highest BCUT2D eigenvalue weighted by Crippen LogP contribution is 2.09. The Labute approximate surface area is 156 Å². The highest BCUT2D eigenvalue weighted by Gasteiger charge is 1.95. The van der Waals surface area contributed by atoms with Crippen molar-refractivity contribution in [2.24, 2.45) is 11.5 Å². The van der Waals surface area contributed by atoms with Crippen LogP contribution in [-0.2, 0) is 4.79 Å². The molecule has 0 aliphatic heterocycles. The zero-order valence-electron chi connectivity index (χ0n) is 16.7. The van der Waals surface area contributed by atoms with Crippen LogP contribution in [0, 0.1) is 0 Å². The molecule has 0 heterocycles. The molecule has 4 nitrogen and oxygen atoms in total. The van der Waals surface area contributed by atoms with Crippen LogP contribution in [0.5, 0.6) is 0 Å². The van der Waals surface area contributed by atoms with Crippen molar-refractivity contribution in [3.05, 3.63) is 12.2 Å². The number of aliphatic carboxylic acids is 1. The highest BCUT2D eigenvalue weighted by atomic mass is 16.4. The number of hydrogen-bond acceptors (Lipinski definition) is 3. The quantitative estimate of drug-likeness (QED) is 0.240. The first kappa shape index (κ1) is 26.4. The average Bonchev–Trinajstić information content (AvgIpc) is 2.59. The van der Waals surface area contributed by atoms with Crippen LogP contribution in [0.1, 0.15) is 103 Å². The topological polar surface area (TPSA) is 89.3 Å². The number of rotatable bonds is 17. The van der Waals surface area contributed by atoms with Gasteiger partial charge in [0.15, 0.2) is 0 Å². The largest absolute Gasteiger partial charge is 0.481 e. The van der Waals surface area contributed by atoms with E-state index in [0.717, 1.165) is 32.4 Å². The molecule has 0 bridgehead atoms. The van der Waals surface area contributed by atoms with E-state index in [1.807, 2.05) is 0 Å². The van der Waals surface area contributed by atoms with E-state index in [2.05, 4.69) is 19.1 Å². The third-order valence-corrected chi connectivity index (χ3v) is 4.06. The molecule has 0 fully saturated rings. The molecule has 0 aliphatic rings. The maximum Gasteiger partial charge on any atom is 0.303 e. The van der Waals surface area contributed by atoms with E-state index in [1.165, 1.54) is 70.6 Å². The Morgan fingerprint density at radius 3 is 1.56 bits per heavy atom. The molecular formula is C21H44N2O2. The second kappa shape index (κ2) is 25.4. The number of allylic oxidation sites excluding steroid dienone is 2. The molecule has 0 atom stereocenters. The number of unbranched alkanes of at least 4 members (excludes halogenated alkanes) is 11. The number of carbonyl (C=O) groups is 1. The van der Waals surface area contributed by atoms with Crippen molar-refractivity contribution < 1.29 is 9.90 Å². The van der Waals surface area contributed by atoms with Gasteiger partial charge >= 0.3 is 5.97 Å². The molecule has 0 radical (unpaired) electrons. The summed E-state index contributed by atoms with van der Waals surface area (Å²) in [6, 6.07) is 0. The molecule has 4 heteroatoms. The highest BCUT2D eigenvalue weighted by molar-refractivity contribution is 5.66. The van der Waals surface area contributed by atoms with Gasteiger partial charge in [0, 0.05) is 6.42 Å². The minimum absolute atomic E-state index is 0.332. The lowest BCUT2D eigenvalue weighted by molar-refractivity contribution is -0.137. The first-order chi connectivity index (χ1) is 12.2. The molecule has 0 saturated carbocycles. The van der Waals surface area contributed by atoms with Crippen LogP contribution >= 0.6 is 0 Å². The monoisotopic (exact) mass is 356 g/mol. The van der Waals surface area contributed by atoms with Crippen LogP contribution < -0.4 is 11.5 Å². The van der Waals surface area contributed by atoms with Crippen LogP contribution in [0.3, 0.4) is 0 Å². The molecule has 0 aromatic rings. The van der Waals surface area contributed by atoms with Crippen LogP contribution in [0.15, 0.2) is 12.2 Å². The number of carboxylic acid groups (broad SMARTS) is 1. The minimum atomic E-state index is -0.664. The summed E-state index contributed by atoms with van der Waals surface area (Å²) < 4.78 is 0. The Balaban J connectivity index is 0. The molecule has 25 heavy (non-hydrogen) atoms. The van der Waals surface area contributed by atoms with Crippen LogP contribution in [0.4, 0.5) is 0 Å². The minimum Gasteiger partial charge on any atom is -0.481 e. The summed E-state index contributed by atoms with van der Waals surface area (Å²) >= 11 is 0. The SMILES string of the molecule is CCCCCCCCC=CCCCCCCCC(=O)O.NCCCN. The van der Waals surface area contributed by atoms with E-state index in [-0.39, 0.29) is 0 Å². The molecule has 0 aromatic heterocycles. The van der Waals surface area contributed by atoms with E-state index in [4.69, 9.17) is 16.6 Å². The van der Waals surface area contributed by atoms with E-state index >= 15 is 0 Å². The summed E-state index contributed by atoms with van der Waals surface area (Å²) in [5.41, 5.74) is 10.1. The number of hydrogen-bond donors (Lipinski definition) is 3. The Morgan fingerprint density at radius 2 is 1.16 bits per heavy atom. The van der Waals surface area contributed by atoms with Gasteiger partial charge in [-0.3, -0.25) is 4.79 Å². The first-order valence-corrected chi connectivity index (χ1v) is 10.5. The average molecular weight is 357 g/mol. The molecule has 5 N–H and O–H groups in total. The zero-order valence-corrected chi connectivity index (χ0v) is 16.7. The molecule has 0 unspecified atom stereocenters. The Bertz CT molecular complexity index is 279. The first-order valence-electron chi connectivity index (χ1n) is 10.5. The van der Waals surface area contributed by atoms with Crippen LogP contribution in [0.2, 0.25) is 0 Å².